The van der Waals surface area contributed by atoms with Crippen molar-refractivity contribution in [1.82, 2.24) is 19.6 Å². The van der Waals surface area contributed by atoms with E-state index in [4.69, 9.17) is 9.47 Å². The Morgan fingerprint density at radius 1 is 1.14 bits per heavy atom. The number of nitrogens with zero attached hydrogens (tertiary/aromatic N) is 4. The van der Waals surface area contributed by atoms with Crippen LogP contribution in [0.4, 0.5) is 0 Å². The Balaban J connectivity index is 1.54. The van der Waals surface area contributed by atoms with Crippen molar-refractivity contribution >= 4 is 16.4 Å². The molecule has 9 heteroatoms. The second kappa shape index (κ2) is 8.27. The Hall–Kier alpha value is -3.46. The van der Waals surface area contributed by atoms with E-state index in [0.29, 0.717) is 33.5 Å². The van der Waals surface area contributed by atoms with Crippen molar-refractivity contribution in [2.24, 2.45) is 0 Å². The SMILES string of the molecule is COc1ccc(-c2cn3cnncc3n2)c(OCCS(=O)c2ccc(O)cc2)c1. The Labute approximate surface area is 169 Å². The van der Waals surface area contributed by atoms with Crippen LogP contribution in [0.3, 0.4) is 0 Å². The van der Waals surface area contributed by atoms with Crippen LogP contribution in [0.1, 0.15) is 0 Å². The molecule has 8 nitrogen and oxygen atoms in total. The zero-order valence-corrected chi connectivity index (χ0v) is 16.4. The van der Waals surface area contributed by atoms with Crippen LogP contribution in [0, 0.1) is 0 Å². The highest BCUT2D eigenvalue weighted by Gasteiger charge is 2.13. The third-order valence-electron chi connectivity index (χ3n) is 4.27. The fourth-order valence-electron chi connectivity index (χ4n) is 2.80. The van der Waals surface area contributed by atoms with Gasteiger partial charge in [-0.3, -0.25) is 8.61 Å². The van der Waals surface area contributed by atoms with E-state index in [2.05, 4.69) is 15.2 Å². The lowest BCUT2D eigenvalue weighted by Crippen LogP contribution is -2.09. The summed E-state index contributed by atoms with van der Waals surface area (Å²) in [6, 6.07) is 11.8. The van der Waals surface area contributed by atoms with Gasteiger partial charge in [-0.15, -0.1) is 5.10 Å². The van der Waals surface area contributed by atoms with E-state index < -0.39 is 10.8 Å². The van der Waals surface area contributed by atoms with Crippen LogP contribution in [0.25, 0.3) is 16.9 Å². The summed E-state index contributed by atoms with van der Waals surface area (Å²) >= 11 is 0. The maximum absolute atomic E-state index is 12.4. The molecule has 2 heterocycles. The van der Waals surface area contributed by atoms with E-state index in [1.807, 2.05) is 18.3 Å². The van der Waals surface area contributed by atoms with Gasteiger partial charge in [0.2, 0.25) is 0 Å². The third-order valence-corrected chi connectivity index (χ3v) is 5.60. The summed E-state index contributed by atoms with van der Waals surface area (Å²) in [6.45, 7) is 0.240. The molecule has 0 aliphatic heterocycles. The molecule has 0 spiro atoms. The predicted octanol–water partition coefficient (Wildman–Crippen LogP) is 2.69. The molecule has 0 aliphatic rings. The molecule has 0 aliphatic carbocycles. The summed E-state index contributed by atoms with van der Waals surface area (Å²) in [5.41, 5.74) is 2.16. The van der Waals surface area contributed by atoms with E-state index in [-0.39, 0.29) is 12.4 Å². The Bertz CT molecular complexity index is 1130. The van der Waals surface area contributed by atoms with Gasteiger partial charge in [-0.1, -0.05) is 0 Å². The maximum Gasteiger partial charge on any atom is 0.159 e. The highest BCUT2D eigenvalue weighted by Crippen LogP contribution is 2.33. The average molecular weight is 410 g/mol. The Morgan fingerprint density at radius 2 is 1.97 bits per heavy atom. The third kappa shape index (κ3) is 4.19. The minimum absolute atomic E-state index is 0.140. The summed E-state index contributed by atoms with van der Waals surface area (Å²) in [5, 5.41) is 17.0. The number of phenols is 1. The van der Waals surface area contributed by atoms with E-state index in [9.17, 15) is 9.32 Å². The summed E-state index contributed by atoms with van der Waals surface area (Å²) < 4.78 is 25.5. The summed E-state index contributed by atoms with van der Waals surface area (Å²) in [6.07, 6.45) is 5.00. The number of methoxy groups -OCH3 is 1. The van der Waals surface area contributed by atoms with E-state index in [1.54, 1.807) is 42.2 Å². The normalized spacial score (nSPS) is 12.0. The highest BCUT2D eigenvalue weighted by molar-refractivity contribution is 7.85. The molecule has 2 aromatic heterocycles. The van der Waals surface area contributed by atoms with Crippen molar-refractivity contribution < 1.29 is 18.8 Å². The van der Waals surface area contributed by atoms with Crippen molar-refractivity contribution in [2.75, 3.05) is 19.5 Å². The molecular weight excluding hydrogens is 392 g/mol. The van der Waals surface area contributed by atoms with E-state index in [1.165, 1.54) is 12.1 Å². The van der Waals surface area contributed by atoms with Gasteiger partial charge >= 0.3 is 0 Å². The smallest absolute Gasteiger partial charge is 0.159 e. The Kier molecular flexibility index (Phi) is 5.39. The van der Waals surface area contributed by atoms with Crippen molar-refractivity contribution in [3.63, 3.8) is 0 Å². The van der Waals surface area contributed by atoms with Gasteiger partial charge in [0.1, 0.15) is 30.2 Å². The first-order valence-electron chi connectivity index (χ1n) is 8.78. The fraction of sp³-hybridized carbons (Fsp3) is 0.150. The second-order valence-corrected chi connectivity index (χ2v) is 7.69. The largest absolute Gasteiger partial charge is 0.508 e. The lowest BCUT2D eigenvalue weighted by Gasteiger charge is -2.12. The predicted molar refractivity (Wildman–Crippen MR) is 108 cm³/mol. The molecule has 29 heavy (non-hydrogen) atoms. The minimum Gasteiger partial charge on any atom is -0.508 e. The molecular formula is C20H18N4O4S. The Morgan fingerprint density at radius 3 is 2.72 bits per heavy atom. The average Bonchev–Trinajstić information content (AvgIpc) is 3.18. The molecule has 0 saturated carbocycles. The summed E-state index contributed by atoms with van der Waals surface area (Å²) in [7, 11) is 0.345. The number of benzene rings is 2. The molecule has 1 N–H and O–H groups in total. The second-order valence-electron chi connectivity index (χ2n) is 6.12. The quantitative estimate of drug-likeness (QED) is 0.500. The van der Waals surface area contributed by atoms with Crippen molar-refractivity contribution in [3.8, 4) is 28.5 Å². The first kappa shape index (κ1) is 18.9. The lowest BCUT2D eigenvalue weighted by molar-refractivity contribution is 0.339. The number of ether oxygens (including phenoxy) is 2. The van der Waals surface area contributed by atoms with Gasteiger partial charge in [0.25, 0.3) is 0 Å². The molecule has 0 amide bonds. The van der Waals surface area contributed by atoms with Gasteiger partial charge in [0.05, 0.1) is 35.6 Å². The number of aromatic hydroxyl groups is 1. The van der Waals surface area contributed by atoms with Crippen LogP contribution >= 0.6 is 0 Å². The van der Waals surface area contributed by atoms with Gasteiger partial charge in [-0.05, 0) is 36.4 Å². The zero-order chi connectivity index (χ0) is 20.2. The topological polar surface area (TPSA) is 98.8 Å². The van der Waals surface area contributed by atoms with Crippen LogP contribution in [-0.4, -0.2) is 48.4 Å². The molecule has 4 aromatic rings. The van der Waals surface area contributed by atoms with Crippen LogP contribution in [0.2, 0.25) is 0 Å². The van der Waals surface area contributed by atoms with Crippen molar-refractivity contribution in [1.29, 1.82) is 0 Å². The minimum atomic E-state index is -1.24. The van der Waals surface area contributed by atoms with Gasteiger partial charge in [-0.25, -0.2) is 4.98 Å². The number of hydrogen-bond acceptors (Lipinski definition) is 7. The number of fused-ring (bicyclic) bond motifs is 1. The number of aromatic nitrogens is 4. The van der Waals surface area contributed by atoms with Crippen molar-refractivity contribution in [2.45, 2.75) is 4.90 Å². The molecule has 4 rings (SSSR count). The molecule has 0 bridgehead atoms. The lowest BCUT2D eigenvalue weighted by atomic mass is 10.1. The number of rotatable bonds is 7. The van der Waals surface area contributed by atoms with Gasteiger partial charge in [0, 0.05) is 22.7 Å². The maximum atomic E-state index is 12.4. The first-order chi connectivity index (χ1) is 14.1. The molecule has 148 valence electrons. The molecule has 0 fully saturated rings. The van der Waals surface area contributed by atoms with Gasteiger partial charge in [0.15, 0.2) is 5.65 Å². The fourth-order valence-corrected chi connectivity index (χ4v) is 3.71. The van der Waals surface area contributed by atoms with E-state index in [0.717, 1.165) is 5.56 Å². The number of imidazole rings is 1. The monoisotopic (exact) mass is 410 g/mol. The van der Waals surface area contributed by atoms with E-state index >= 15 is 0 Å². The van der Waals surface area contributed by atoms with Crippen LogP contribution in [-0.2, 0) is 10.8 Å². The first-order valence-corrected chi connectivity index (χ1v) is 10.1. The summed E-state index contributed by atoms with van der Waals surface area (Å²) in [4.78, 5) is 5.19. The highest BCUT2D eigenvalue weighted by atomic mass is 32.2. The standard InChI is InChI=1S/C20H18N4O4S/c1-27-15-4-7-17(18-12-24-13-22-21-11-20(24)23-18)19(10-15)28-8-9-29(26)16-5-2-14(25)3-6-16/h2-7,10-13,25H,8-9H2,1H3. The molecule has 1 unspecified atom stereocenters. The van der Waals surface area contributed by atoms with Crippen molar-refractivity contribution in [3.05, 3.63) is 61.2 Å². The summed E-state index contributed by atoms with van der Waals surface area (Å²) in [5.74, 6) is 1.67. The zero-order valence-electron chi connectivity index (χ0n) is 15.6. The molecule has 0 saturated heterocycles. The molecule has 2 aromatic carbocycles. The number of phenolic OH excluding ortho intramolecular Hbond substituents is 1. The van der Waals surface area contributed by atoms with Crippen LogP contribution < -0.4 is 9.47 Å². The molecule has 0 radical (unpaired) electrons. The van der Waals surface area contributed by atoms with Gasteiger partial charge in [-0.2, -0.15) is 5.10 Å². The van der Waals surface area contributed by atoms with Crippen LogP contribution in [0.15, 0.2) is 66.1 Å². The number of hydrogen-bond donors (Lipinski definition) is 1. The van der Waals surface area contributed by atoms with Crippen LogP contribution in [0.5, 0.6) is 17.2 Å². The van der Waals surface area contributed by atoms with Gasteiger partial charge < -0.3 is 14.6 Å². The molecule has 1 atom stereocenters.